The summed E-state index contributed by atoms with van der Waals surface area (Å²) in [7, 11) is 1.66. The number of amides is 1. The summed E-state index contributed by atoms with van der Waals surface area (Å²) in [6.07, 6.45) is 0.784. The smallest absolute Gasteiger partial charge is 0.359 e. The largest absolute Gasteiger partial charge is 0.416 e. The zero-order valence-corrected chi connectivity index (χ0v) is 18.4. The molecule has 0 aromatic heterocycles. The quantitative estimate of drug-likeness (QED) is 0.523. The van der Waals surface area contributed by atoms with Crippen molar-refractivity contribution in [2.45, 2.75) is 57.0 Å². The van der Waals surface area contributed by atoms with Crippen molar-refractivity contribution in [3.05, 3.63) is 35.4 Å². The van der Waals surface area contributed by atoms with Crippen molar-refractivity contribution in [1.82, 2.24) is 15.5 Å². The number of carbonyl (C=O) groups is 1. The highest BCUT2D eigenvalue weighted by Gasteiger charge is 2.40. The van der Waals surface area contributed by atoms with Gasteiger partial charge >= 0.3 is 6.18 Å². The Labute approximate surface area is 182 Å². The van der Waals surface area contributed by atoms with E-state index in [9.17, 15) is 18.0 Å². The van der Waals surface area contributed by atoms with Crippen LogP contribution in [0.2, 0.25) is 0 Å². The highest BCUT2D eigenvalue weighted by molar-refractivity contribution is 5.80. The third-order valence-electron chi connectivity index (χ3n) is 6.65. The first-order valence-corrected chi connectivity index (χ1v) is 11.2. The number of carbonyl (C=O) groups excluding carboxylic acids is 1. The molecule has 1 aliphatic carbocycles. The van der Waals surface area contributed by atoms with Crippen molar-refractivity contribution in [2.24, 2.45) is 10.9 Å². The molecule has 3 rings (SSSR count). The van der Waals surface area contributed by atoms with Crippen LogP contribution in [-0.2, 0) is 16.4 Å². The molecule has 2 fully saturated rings. The minimum Gasteiger partial charge on any atom is -0.359 e. The van der Waals surface area contributed by atoms with Crippen LogP contribution in [0, 0.1) is 5.92 Å². The minimum absolute atomic E-state index is 0.0760. The second kappa shape index (κ2) is 9.92. The van der Waals surface area contributed by atoms with Gasteiger partial charge in [-0.15, -0.1) is 0 Å². The van der Waals surface area contributed by atoms with Crippen LogP contribution in [0.1, 0.15) is 56.6 Å². The Bertz CT molecular complexity index is 781. The van der Waals surface area contributed by atoms with Gasteiger partial charge in [0.15, 0.2) is 5.96 Å². The molecule has 1 aromatic rings. The molecular weight excluding hydrogens is 405 g/mol. The maximum Gasteiger partial charge on any atom is 0.416 e. The van der Waals surface area contributed by atoms with Crippen LogP contribution in [0.25, 0.3) is 0 Å². The van der Waals surface area contributed by atoms with Crippen LogP contribution >= 0.6 is 0 Å². The summed E-state index contributed by atoms with van der Waals surface area (Å²) in [5.41, 5.74) is -0.178. The molecule has 172 valence electrons. The van der Waals surface area contributed by atoms with Crippen LogP contribution in [0.5, 0.6) is 0 Å². The molecular formula is C23H33F3N4O. The second-order valence-electron chi connectivity index (χ2n) is 8.69. The molecule has 0 bridgehead atoms. The van der Waals surface area contributed by atoms with Gasteiger partial charge in [0.25, 0.3) is 0 Å². The summed E-state index contributed by atoms with van der Waals surface area (Å²) in [4.78, 5) is 18.7. The van der Waals surface area contributed by atoms with E-state index in [-0.39, 0.29) is 11.3 Å². The predicted octanol–water partition coefficient (Wildman–Crippen LogP) is 3.94. The van der Waals surface area contributed by atoms with E-state index in [1.54, 1.807) is 13.1 Å². The standard InChI is InChI=1S/C23H33F3N4O/c1-3-28-21(30-12-8-17(9-13-30)14-20(31)27-2)29-16-22(10-5-11-22)18-6-4-7-19(15-18)23(24,25)26/h4,6-7,15,17H,3,5,8-14,16H2,1-2H3,(H,27,31)(H,28,29). The molecule has 2 aliphatic rings. The van der Waals surface area contributed by atoms with E-state index in [0.717, 1.165) is 69.3 Å². The van der Waals surface area contributed by atoms with E-state index in [1.165, 1.54) is 12.1 Å². The number of hydrogen-bond donors (Lipinski definition) is 2. The normalized spacial score (nSPS) is 19.6. The molecule has 0 radical (unpaired) electrons. The van der Waals surface area contributed by atoms with Gasteiger partial charge < -0.3 is 15.5 Å². The lowest BCUT2D eigenvalue weighted by atomic mass is 9.64. The Balaban J connectivity index is 1.70. The van der Waals surface area contributed by atoms with E-state index in [1.807, 2.05) is 6.92 Å². The van der Waals surface area contributed by atoms with Gasteiger partial charge in [-0.2, -0.15) is 13.2 Å². The minimum atomic E-state index is -4.34. The average molecular weight is 439 g/mol. The molecule has 1 saturated carbocycles. The number of hydrogen-bond acceptors (Lipinski definition) is 2. The third-order valence-corrected chi connectivity index (χ3v) is 6.65. The zero-order chi connectivity index (χ0) is 22.5. The number of likely N-dealkylation sites (tertiary alicyclic amines) is 1. The molecule has 1 aromatic carbocycles. The predicted molar refractivity (Wildman–Crippen MR) is 116 cm³/mol. The number of rotatable bonds is 6. The fraction of sp³-hybridized carbons (Fsp3) is 0.652. The van der Waals surface area contributed by atoms with Gasteiger partial charge in [-0.05, 0) is 50.2 Å². The van der Waals surface area contributed by atoms with E-state index >= 15 is 0 Å². The number of piperidine rings is 1. The zero-order valence-electron chi connectivity index (χ0n) is 18.4. The lowest BCUT2D eigenvalue weighted by Crippen LogP contribution is -2.47. The van der Waals surface area contributed by atoms with Gasteiger partial charge in [0, 0.05) is 38.5 Å². The van der Waals surface area contributed by atoms with E-state index < -0.39 is 11.7 Å². The summed E-state index contributed by atoms with van der Waals surface area (Å²) in [6, 6.07) is 5.74. The molecule has 2 N–H and O–H groups in total. The number of alkyl halides is 3. The lowest BCUT2D eigenvalue weighted by Gasteiger charge is -2.42. The summed E-state index contributed by atoms with van der Waals surface area (Å²) in [6.45, 7) is 4.87. The number of halogens is 3. The second-order valence-corrected chi connectivity index (χ2v) is 8.69. The van der Waals surface area contributed by atoms with Crippen LogP contribution in [0.4, 0.5) is 13.2 Å². The topological polar surface area (TPSA) is 56.7 Å². The van der Waals surface area contributed by atoms with Gasteiger partial charge in [-0.3, -0.25) is 9.79 Å². The first-order valence-electron chi connectivity index (χ1n) is 11.2. The van der Waals surface area contributed by atoms with E-state index in [4.69, 9.17) is 4.99 Å². The molecule has 0 spiro atoms. The van der Waals surface area contributed by atoms with Crippen LogP contribution in [0.3, 0.4) is 0 Å². The maximum atomic E-state index is 13.2. The molecule has 1 saturated heterocycles. The summed E-state index contributed by atoms with van der Waals surface area (Å²) in [5.74, 6) is 1.27. The van der Waals surface area contributed by atoms with Gasteiger partial charge in [0.2, 0.25) is 5.91 Å². The van der Waals surface area contributed by atoms with Crippen LogP contribution in [0.15, 0.2) is 29.3 Å². The van der Waals surface area contributed by atoms with Gasteiger partial charge in [-0.25, -0.2) is 0 Å². The summed E-state index contributed by atoms with van der Waals surface area (Å²) in [5, 5.41) is 6.03. The molecule has 0 unspecified atom stereocenters. The van der Waals surface area contributed by atoms with Gasteiger partial charge in [0.05, 0.1) is 12.1 Å². The van der Waals surface area contributed by atoms with Crippen molar-refractivity contribution in [1.29, 1.82) is 0 Å². The Morgan fingerprint density at radius 2 is 1.97 bits per heavy atom. The van der Waals surface area contributed by atoms with Crippen molar-refractivity contribution in [3.8, 4) is 0 Å². The lowest BCUT2D eigenvalue weighted by molar-refractivity contribution is -0.137. The van der Waals surface area contributed by atoms with Crippen molar-refractivity contribution in [3.63, 3.8) is 0 Å². The van der Waals surface area contributed by atoms with E-state index in [2.05, 4.69) is 15.5 Å². The van der Waals surface area contributed by atoms with Crippen LogP contribution < -0.4 is 10.6 Å². The SMILES string of the molecule is CCNC(=NCC1(c2cccc(C(F)(F)F)c2)CCC1)N1CCC(CC(=O)NC)CC1. The fourth-order valence-electron chi connectivity index (χ4n) is 4.53. The third kappa shape index (κ3) is 5.71. The Morgan fingerprint density at radius 3 is 2.52 bits per heavy atom. The molecule has 1 aliphatic heterocycles. The number of benzene rings is 1. The Kier molecular flexibility index (Phi) is 7.49. The van der Waals surface area contributed by atoms with Crippen LogP contribution in [-0.4, -0.2) is 50.0 Å². The molecule has 0 atom stereocenters. The van der Waals surface area contributed by atoms with Gasteiger partial charge in [0.1, 0.15) is 0 Å². The maximum absolute atomic E-state index is 13.2. The monoisotopic (exact) mass is 438 g/mol. The Hall–Kier alpha value is -2.25. The summed E-state index contributed by atoms with van der Waals surface area (Å²) >= 11 is 0. The first kappa shape index (κ1) is 23.4. The number of guanidine groups is 1. The average Bonchev–Trinajstić information content (AvgIpc) is 2.72. The first-order chi connectivity index (χ1) is 14.8. The number of nitrogens with zero attached hydrogens (tertiary/aromatic N) is 2. The highest BCUT2D eigenvalue weighted by Crippen LogP contribution is 2.45. The number of aliphatic imine (C=N–C) groups is 1. The molecule has 1 heterocycles. The molecule has 1 amide bonds. The van der Waals surface area contributed by atoms with Crippen molar-refractivity contribution in [2.75, 3.05) is 33.2 Å². The van der Waals surface area contributed by atoms with Gasteiger partial charge in [-0.1, -0.05) is 24.6 Å². The molecule has 8 heteroatoms. The molecule has 5 nitrogen and oxygen atoms in total. The van der Waals surface area contributed by atoms with Crippen molar-refractivity contribution >= 4 is 11.9 Å². The fourth-order valence-corrected chi connectivity index (χ4v) is 4.53. The van der Waals surface area contributed by atoms with E-state index in [0.29, 0.717) is 18.9 Å². The highest BCUT2D eigenvalue weighted by atomic mass is 19.4. The molecule has 31 heavy (non-hydrogen) atoms. The van der Waals surface area contributed by atoms with Crippen molar-refractivity contribution < 1.29 is 18.0 Å². The number of nitrogens with one attached hydrogen (secondary N) is 2. The summed E-state index contributed by atoms with van der Waals surface area (Å²) < 4.78 is 39.6. The Morgan fingerprint density at radius 1 is 1.26 bits per heavy atom.